The normalized spacial score (nSPS) is 15.4. The highest BCUT2D eigenvalue weighted by Crippen LogP contribution is 2.21. The Labute approximate surface area is 109 Å². The third kappa shape index (κ3) is 2.22. The molecule has 0 spiro atoms. The third-order valence-corrected chi connectivity index (χ3v) is 2.82. The molecule has 19 heavy (non-hydrogen) atoms. The molecule has 0 bridgehead atoms. The Kier molecular flexibility index (Phi) is 3.12. The van der Waals surface area contributed by atoms with Crippen molar-refractivity contribution in [1.29, 1.82) is 0 Å². The summed E-state index contributed by atoms with van der Waals surface area (Å²) in [5.74, 6) is -1.15. The van der Waals surface area contributed by atoms with Gasteiger partial charge in [-0.3, -0.25) is 19.4 Å². The van der Waals surface area contributed by atoms with Crippen molar-refractivity contribution in [2.75, 3.05) is 19.9 Å². The molecule has 1 saturated heterocycles. The molecule has 0 aromatic heterocycles. The van der Waals surface area contributed by atoms with Gasteiger partial charge in [-0.15, -0.1) is 0 Å². The number of nitrogen functional groups attached to an aromatic ring is 1. The van der Waals surface area contributed by atoms with Gasteiger partial charge in [-0.05, 0) is 17.7 Å². The van der Waals surface area contributed by atoms with Crippen molar-refractivity contribution in [1.82, 2.24) is 9.80 Å². The molecule has 7 nitrogen and oxygen atoms in total. The van der Waals surface area contributed by atoms with Gasteiger partial charge >= 0.3 is 17.8 Å². The Morgan fingerprint density at radius 1 is 1.16 bits per heavy atom. The van der Waals surface area contributed by atoms with Crippen LogP contribution in [0.2, 0.25) is 0 Å². The number of anilines is 1. The zero-order chi connectivity index (χ0) is 14.2. The van der Waals surface area contributed by atoms with E-state index in [2.05, 4.69) is 0 Å². The summed E-state index contributed by atoms with van der Waals surface area (Å²) >= 11 is 0. The van der Waals surface area contributed by atoms with Gasteiger partial charge < -0.3 is 10.5 Å². The summed E-state index contributed by atoms with van der Waals surface area (Å²) in [6.07, 6.45) is 0. The predicted molar refractivity (Wildman–Crippen MR) is 66.1 cm³/mol. The molecule has 2 N–H and O–H groups in total. The average molecular weight is 263 g/mol. The minimum absolute atomic E-state index is 0.0187. The number of benzene rings is 1. The van der Waals surface area contributed by atoms with Crippen LogP contribution in [0.3, 0.4) is 0 Å². The number of nitrogens with two attached hydrogens (primary N) is 1. The maximum Gasteiger partial charge on any atom is 0.334 e. The van der Waals surface area contributed by atoms with E-state index < -0.39 is 17.8 Å². The first-order valence-corrected chi connectivity index (χ1v) is 5.51. The van der Waals surface area contributed by atoms with Crippen molar-refractivity contribution in [3.8, 4) is 5.75 Å². The van der Waals surface area contributed by atoms with Gasteiger partial charge in [0.05, 0.1) is 13.7 Å². The van der Waals surface area contributed by atoms with Gasteiger partial charge in [0.1, 0.15) is 5.75 Å². The summed E-state index contributed by atoms with van der Waals surface area (Å²) in [5.41, 5.74) is 6.75. The van der Waals surface area contributed by atoms with Crippen LogP contribution in [0.25, 0.3) is 0 Å². The van der Waals surface area contributed by atoms with E-state index in [0.29, 0.717) is 17.0 Å². The quantitative estimate of drug-likeness (QED) is 0.477. The number of carbonyl (C=O) groups is 3. The summed E-state index contributed by atoms with van der Waals surface area (Å²) in [6.45, 7) is -0.0187. The number of rotatable bonds is 3. The molecule has 1 aromatic carbocycles. The number of methoxy groups -OCH3 is 1. The molecule has 7 heteroatoms. The fourth-order valence-electron chi connectivity index (χ4n) is 1.83. The van der Waals surface area contributed by atoms with Gasteiger partial charge in [-0.25, -0.2) is 4.79 Å². The first-order valence-electron chi connectivity index (χ1n) is 5.51. The third-order valence-electron chi connectivity index (χ3n) is 2.82. The summed E-state index contributed by atoms with van der Waals surface area (Å²) < 4.78 is 5.05. The van der Waals surface area contributed by atoms with Crippen LogP contribution < -0.4 is 10.5 Å². The van der Waals surface area contributed by atoms with E-state index in [4.69, 9.17) is 10.5 Å². The Bertz CT molecular complexity index is 570. The molecular weight excluding hydrogens is 250 g/mol. The maximum atomic E-state index is 11.7. The molecule has 0 unspecified atom stereocenters. The second-order valence-electron chi connectivity index (χ2n) is 4.15. The van der Waals surface area contributed by atoms with Crippen molar-refractivity contribution < 1.29 is 19.1 Å². The van der Waals surface area contributed by atoms with Crippen molar-refractivity contribution >= 4 is 23.5 Å². The van der Waals surface area contributed by atoms with Crippen LogP contribution in [0.5, 0.6) is 5.75 Å². The van der Waals surface area contributed by atoms with Gasteiger partial charge in [0.2, 0.25) is 0 Å². The lowest BCUT2D eigenvalue weighted by molar-refractivity contribution is -0.143. The number of amides is 4. The molecule has 0 saturated carbocycles. The fraction of sp³-hybridized carbons (Fsp3) is 0.250. The van der Waals surface area contributed by atoms with Gasteiger partial charge in [0.15, 0.2) is 0 Å². The van der Waals surface area contributed by atoms with Crippen molar-refractivity contribution in [2.45, 2.75) is 6.54 Å². The molecule has 2 rings (SSSR count). The van der Waals surface area contributed by atoms with Gasteiger partial charge in [-0.2, -0.15) is 0 Å². The topological polar surface area (TPSA) is 92.9 Å². The zero-order valence-electron chi connectivity index (χ0n) is 10.5. The van der Waals surface area contributed by atoms with E-state index in [-0.39, 0.29) is 6.54 Å². The lowest BCUT2D eigenvalue weighted by atomic mass is 10.2. The molecule has 0 atom stereocenters. The SMILES string of the molecule is COc1cc(N)cc(CN2C(=O)C(=O)N(C)C2=O)c1. The molecule has 100 valence electrons. The van der Waals surface area contributed by atoms with Crippen LogP contribution in [0, 0.1) is 0 Å². The second kappa shape index (κ2) is 4.60. The van der Waals surface area contributed by atoms with Crippen LogP contribution in [0.1, 0.15) is 5.56 Å². The van der Waals surface area contributed by atoms with E-state index in [0.717, 1.165) is 9.80 Å². The first-order chi connectivity index (χ1) is 8.93. The van der Waals surface area contributed by atoms with Crippen LogP contribution in [-0.2, 0) is 16.1 Å². The Balaban J connectivity index is 2.27. The first kappa shape index (κ1) is 12.9. The van der Waals surface area contributed by atoms with Gasteiger partial charge in [0, 0.05) is 18.8 Å². The monoisotopic (exact) mass is 263 g/mol. The highest BCUT2D eigenvalue weighted by atomic mass is 16.5. The zero-order valence-corrected chi connectivity index (χ0v) is 10.5. The summed E-state index contributed by atoms with van der Waals surface area (Å²) in [7, 11) is 2.75. The summed E-state index contributed by atoms with van der Waals surface area (Å²) in [4.78, 5) is 36.4. The number of likely N-dealkylation sites (N-methyl/N-ethyl adjacent to an activating group) is 1. The molecule has 0 radical (unpaired) electrons. The number of ether oxygens (including phenoxy) is 1. The van der Waals surface area contributed by atoms with Gasteiger partial charge in [-0.1, -0.05) is 0 Å². The van der Waals surface area contributed by atoms with Crippen LogP contribution >= 0.6 is 0 Å². The molecule has 1 heterocycles. The average Bonchev–Trinajstić information content (AvgIpc) is 2.56. The van der Waals surface area contributed by atoms with E-state index in [1.807, 2.05) is 0 Å². The van der Waals surface area contributed by atoms with Gasteiger partial charge in [0.25, 0.3) is 0 Å². The summed E-state index contributed by atoms with van der Waals surface area (Å²) in [5, 5.41) is 0. The van der Waals surface area contributed by atoms with E-state index >= 15 is 0 Å². The molecule has 1 aliphatic heterocycles. The minimum atomic E-state index is -0.839. The second-order valence-corrected chi connectivity index (χ2v) is 4.15. The number of urea groups is 1. The Hall–Kier alpha value is -2.57. The molecule has 1 fully saturated rings. The summed E-state index contributed by atoms with van der Waals surface area (Å²) in [6, 6.07) is 4.25. The van der Waals surface area contributed by atoms with Crippen LogP contribution in [0.4, 0.5) is 10.5 Å². The van der Waals surface area contributed by atoms with E-state index in [1.54, 1.807) is 18.2 Å². The molecule has 1 aliphatic rings. The molecule has 0 aliphatic carbocycles. The van der Waals surface area contributed by atoms with Crippen molar-refractivity contribution in [2.24, 2.45) is 0 Å². The van der Waals surface area contributed by atoms with Crippen LogP contribution in [-0.4, -0.2) is 41.8 Å². The number of hydrogen-bond donors (Lipinski definition) is 1. The predicted octanol–water partition coefficient (Wildman–Crippen LogP) is 0.198. The highest BCUT2D eigenvalue weighted by Gasteiger charge is 2.42. The van der Waals surface area contributed by atoms with E-state index in [9.17, 15) is 14.4 Å². The fourth-order valence-corrected chi connectivity index (χ4v) is 1.83. The lowest BCUT2D eigenvalue weighted by Gasteiger charge is -2.14. The lowest BCUT2D eigenvalue weighted by Crippen LogP contribution is -2.31. The Morgan fingerprint density at radius 2 is 1.84 bits per heavy atom. The van der Waals surface area contributed by atoms with Crippen molar-refractivity contribution in [3.63, 3.8) is 0 Å². The minimum Gasteiger partial charge on any atom is -0.497 e. The highest BCUT2D eigenvalue weighted by molar-refractivity contribution is 6.44. The Morgan fingerprint density at radius 3 is 2.37 bits per heavy atom. The van der Waals surface area contributed by atoms with Crippen LogP contribution in [0.15, 0.2) is 18.2 Å². The number of nitrogens with zero attached hydrogens (tertiary/aromatic N) is 2. The molecule has 4 amide bonds. The number of carbonyl (C=O) groups excluding carboxylic acids is 3. The largest absolute Gasteiger partial charge is 0.497 e. The number of imide groups is 2. The molecule has 1 aromatic rings. The molecular formula is C12H13N3O4. The smallest absolute Gasteiger partial charge is 0.334 e. The number of hydrogen-bond acceptors (Lipinski definition) is 5. The maximum absolute atomic E-state index is 11.7. The van der Waals surface area contributed by atoms with E-state index in [1.165, 1.54) is 14.2 Å². The standard InChI is InChI=1S/C12H13N3O4/c1-14-10(16)11(17)15(12(14)18)6-7-3-8(13)5-9(4-7)19-2/h3-5H,6,13H2,1-2H3. The van der Waals surface area contributed by atoms with Crippen molar-refractivity contribution in [3.05, 3.63) is 23.8 Å².